The van der Waals surface area contributed by atoms with Crippen LogP contribution in [0.15, 0.2) is 5.51 Å². The van der Waals surface area contributed by atoms with Crippen LogP contribution in [0.3, 0.4) is 0 Å². The second-order valence-corrected chi connectivity index (χ2v) is 4.66. The lowest BCUT2D eigenvalue weighted by Gasteiger charge is -2.27. The molecule has 0 amide bonds. The van der Waals surface area contributed by atoms with Crippen LogP contribution < -0.4 is 5.73 Å². The van der Waals surface area contributed by atoms with E-state index in [9.17, 15) is 0 Å². The number of nitrogens with zero attached hydrogens (tertiary/aromatic N) is 1. The molecule has 1 fully saturated rings. The molecule has 4 heteroatoms. The van der Waals surface area contributed by atoms with Crippen molar-refractivity contribution in [3.8, 4) is 0 Å². The van der Waals surface area contributed by atoms with Crippen LogP contribution in [0.4, 0.5) is 0 Å². The van der Waals surface area contributed by atoms with Gasteiger partial charge < -0.3 is 10.5 Å². The van der Waals surface area contributed by atoms with E-state index in [4.69, 9.17) is 10.5 Å². The van der Waals surface area contributed by atoms with Crippen molar-refractivity contribution in [3.05, 3.63) is 16.1 Å². The first-order valence-corrected chi connectivity index (χ1v) is 5.90. The predicted octanol–water partition coefficient (Wildman–Crippen LogP) is 1.88. The quantitative estimate of drug-likeness (QED) is 0.814. The molecular weight excluding hydrogens is 196 g/mol. The molecular formula is C10H16N2OS. The third-order valence-corrected chi connectivity index (χ3v) is 3.89. The minimum Gasteiger partial charge on any atom is -0.381 e. The van der Waals surface area contributed by atoms with Gasteiger partial charge in [-0.15, -0.1) is 11.3 Å². The van der Waals surface area contributed by atoms with Crippen LogP contribution in [0.25, 0.3) is 0 Å². The number of hydrogen-bond acceptors (Lipinski definition) is 4. The molecule has 1 aliphatic rings. The summed E-state index contributed by atoms with van der Waals surface area (Å²) >= 11 is 1.67. The lowest BCUT2D eigenvalue weighted by atomic mass is 9.91. The number of ether oxygens (including phenoxy) is 1. The zero-order chi connectivity index (χ0) is 9.97. The Bertz CT molecular complexity index is 294. The fraction of sp³-hybridized carbons (Fsp3) is 0.700. The molecule has 0 saturated carbocycles. The molecule has 14 heavy (non-hydrogen) atoms. The van der Waals surface area contributed by atoms with Gasteiger partial charge in [0, 0.05) is 24.1 Å². The molecule has 0 aliphatic carbocycles. The Labute approximate surface area is 88.3 Å². The first-order chi connectivity index (χ1) is 6.79. The molecule has 1 unspecified atom stereocenters. The van der Waals surface area contributed by atoms with Gasteiger partial charge in [0.25, 0.3) is 0 Å². The summed E-state index contributed by atoms with van der Waals surface area (Å²) in [5.74, 6) is 0.572. The summed E-state index contributed by atoms with van der Waals surface area (Å²) in [6.07, 6.45) is 2.16. The molecule has 1 saturated heterocycles. The average Bonchev–Trinajstić information content (AvgIpc) is 2.65. The standard InChI is InChI=1S/C10H16N2OS/c1-7-10(14-6-12-7)9(11)8-2-4-13-5-3-8/h6,8-9H,2-5,11H2,1H3. The zero-order valence-corrected chi connectivity index (χ0v) is 9.22. The van der Waals surface area contributed by atoms with E-state index in [1.807, 2.05) is 12.4 Å². The highest BCUT2D eigenvalue weighted by Crippen LogP contribution is 2.31. The van der Waals surface area contributed by atoms with E-state index < -0.39 is 0 Å². The third kappa shape index (κ3) is 1.97. The second kappa shape index (κ2) is 4.38. The normalized spacial score (nSPS) is 21.0. The lowest BCUT2D eigenvalue weighted by molar-refractivity contribution is 0.0586. The number of nitrogens with two attached hydrogens (primary N) is 1. The highest BCUT2D eigenvalue weighted by atomic mass is 32.1. The van der Waals surface area contributed by atoms with E-state index in [1.165, 1.54) is 4.88 Å². The number of hydrogen-bond donors (Lipinski definition) is 1. The van der Waals surface area contributed by atoms with E-state index in [-0.39, 0.29) is 6.04 Å². The Balaban J connectivity index is 2.07. The third-order valence-electron chi connectivity index (χ3n) is 2.86. The maximum absolute atomic E-state index is 6.23. The van der Waals surface area contributed by atoms with E-state index in [2.05, 4.69) is 4.98 Å². The van der Waals surface area contributed by atoms with Gasteiger partial charge in [-0.1, -0.05) is 0 Å². The summed E-state index contributed by atoms with van der Waals surface area (Å²) in [5, 5.41) is 0. The number of rotatable bonds is 2. The van der Waals surface area contributed by atoms with Gasteiger partial charge >= 0.3 is 0 Å². The Kier molecular flexibility index (Phi) is 3.15. The van der Waals surface area contributed by atoms with Gasteiger partial charge in [0.05, 0.1) is 11.2 Å². The van der Waals surface area contributed by atoms with Crippen molar-refractivity contribution in [2.75, 3.05) is 13.2 Å². The van der Waals surface area contributed by atoms with Gasteiger partial charge in [-0.05, 0) is 25.7 Å². The average molecular weight is 212 g/mol. The van der Waals surface area contributed by atoms with Gasteiger partial charge in [-0.3, -0.25) is 0 Å². The SMILES string of the molecule is Cc1ncsc1C(N)C1CCOCC1. The van der Waals surface area contributed by atoms with Crippen LogP contribution in [-0.2, 0) is 4.74 Å². The van der Waals surface area contributed by atoms with Crippen molar-refractivity contribution in [2.45, 2.75) is 25.8 Å². The molecule has 2 N–H and O–H groups in total. The van der Waals surface area contributed by atoms with Crippen molar-refractivity contribution in [3.63, 3.8) is 0 Å². The van der Waals surface area contributed by atoms with E-state index in [0.29, 0.717) is 5.92 Å². The van der Waals surface area contributed by atoms with E-state index in [1.54, 1.807) is 11.3 Å². The van der Waals surface area contributed by atoms with Crippen LogP contribution in [-0.4, -0.2) is 18.2 Å². The largest absolute Gasteiger partial charge is 0.381 e. The predicted molar refractivity (Wildman–Crippen MR) is 57.3 cm³/mol. The molecule has 2 rings (SSSR count). The van der Waals surface area contributed by atoms with E-state index >= 15 is 0 Å². The second-order valence-electron chi connectivity index (χ2n) is 3.78. The number of aromatic nitrogens is 1. The highest BCUT2D eigenvalue weighted by molar-refractivity contribution is 7.09. The number of thiazole rings is 1. The van der Waals surface area contributed by atoms with Gasteiger partial charge in [-0.2, -0.15) is 0 Å². The molecule has 3 nitrogen and oxygen atoms in total. The minimum atomic E-state index is 0.159. The van der Waals surface area contributed by atoms with Gasteiger partial charge in [0.2, 0.25) is 0 Å². The molecule has 0 spiro atoms. The summed E-state index contributed by atoms with van der Waals surface area (Å²) < 4.78 is 5.33. The van der Waals surface area contributed by atoms with Crippen molar-refractivity contribution < 1.29 is 4.74 Å². The minimum absolute atomic E-state index is 0.159. The number of aryl methyl sites for hydroxylation is 1. The molecule has 1 aromatic rings. The highest BCUT2D eigenvalue weighted by Gasteiger charge is 2.24. The molecule has 2 heterocycles. The van der Waals surface area contributed by atoms with Crippen LogP contribution in [0, 0.1) is 12.8 Å². The summed E-state index contributed by atoms with van der Waals surface area (Å²) in [6, 6.07) is 0.159. The van der Waals surface area contributed by atoms with E-state index in [0.717, 1.165) is 31.7 Å². The Morgan fingerprint density at radius 1 is 1.57 bits per heavy atom. The van der Waals surface area contributed by atoms with Crippen LogP contribution in [0.5, 0.6) is 0 Å². The van der Waals surface area contributed by atoms with Crippen molar-refractivity contribution in [1.82, 2.24) is 4.98 Å². The van der Waals surface area contributed by atoms with Crippen LogP contribution in [0.1, 0.15) is 29.5 Å². The van der Waals surface area contributed by atoms with Crippen LogP contribution >= 0.6 is 11.3 Å². The maximum Gasteiger partial charge on any atom is 0.0798 e. The monoisotopic (exact) mass is 212 g/mol. The maximum atomic E-state index is 6.23. The Morgan fingerprint density at radius 2 is 2.29 bits per heavy atom. The molecule has 1 aliphatic heterocycles. The molecule has 1 aromatic heterocycles. The summed E-state index contributed by atoms with van der Waals surface area (Å²) in [7, 11) is 0. The molecule has 0 bridgehead atoms. The van der Waals surface area contributed by atoms with Crippen molar-refractivity contribution in [2.24, 2.45) is 11.7 Å². The molecule has 1 atom stereocenters. The summed E-state index contributed by atoms with van der Waals surface area (Å²) in [5.41, 5.74) is 9.20. The molecule has 0 aromatic carbocycles. The summed E-state index contributed by atoms with van der Waals surface area (Å²) in [6.45, 7) is 3.75. The molecule has 78 valence electrons. The first kappa shape index (κ1) is 10.1. The fourth-order valence-electron chi connectivity index (χ4n) is 1.92. The Hall–Kier alpha value is -0.450. The van der Waals surface area contributed by atoms with Crippen molar-refractivity contribution in [1.29, 1.82) is 0 Å². The summed E-state index contributed by atoms with van der Waals surface area (Å²) in [4.78, 5) is 5.49. The Morgan fingerprint density at radius 3 is 2.86 bits per heavy atom. The van der Waals surface area contributed by atoms with Crippen molar-refractivity contribution >= 4 is 11.3 Å². The smallest absolute Gasteiger partial charge is 0.0798 e. The molecule has 0 radical (unpaired) electrons. The topological polar surface area (TPSA) is 48.1 Å². The van der Waals surface area contributed by atoms with Gasteiger partial charge in [0.1, 0.15) is 0 Å². The zero-order valence-electron chi connectivity index (χ0n) is 8.40. The fourth-order valence-corrected chi connectivity index (χ4v) is 2.82. The van der Waals surface area contributed by atoms with Gasteiger partial charge in [-0.25, -0.2) is 4.98 Å². The lowest BCUT2D eigenvalue weighted by Crippen LogP contribution is -2.27. The first-order valence-electron chi connectivity index (χ1n) is 5.02. The van der Waals surface area contributed by atoms with Gasteiger partial charge in [0.15, 0.2) is 0 Å². The van der Waals surface area contributed by atoms with Crippen LogP contribution in [0.2, 0.25) is 0 Å².